The fraction of sp³-hybridized carbons (Fsp3) is 0.700. The molecule has 3 aliphatic heterocycles. The Bertz CT molecular complexity index is 584. The van der Waals surface area contributed by atoms with E-state index in [-0.39, 0.29) is 5.91 Å². The van der Waals surface area contributed by atoms with Crippen molar-refractivity contribution < 1.29 is 9.90 Å². The van der Waals surface area contributed by atoms with Crippen LogP contribution in [-0.2, 0) is 10.4 Å². The molecule has 3 atom stereocenters. The van der Waals surface area contributed by atoms with E-state index >= 15 is 0 Å². The minimum atomic E-state index is -0.838. The van der Waals surface area contributed by atoms with Crippen molar-refractivity contribution in [1.29, 1.82) is 0 Å². The molecule has 1 aromatic heterocycles. The predicted octanol–water partition coefficient (Wildman–Crippen LogP) is 2.30. The Morgan fingerprint density at radius 3 is 2.40 bits per heavy atom. The summed E-state index contributed by atoms with van der Waals surface area (Å²) in [5.74, 6) is 0.280. The number of amides is 1. The lowest BCUT2D eigenvalue weighted by Crippen LogP contribution is -2.53. The smallest absolute Gasteiger partial charge is 0.236 e. The summed E-state index contributed by atoms with van der Waals surface area (Å²) < 4.78 is 0. The van der Waals surface area contributed by atoms with Gasteiger partial charge in [-0.15, -0.1) is 0 Å². The van der Waals surface area contributed by atoms with E-state index in [1.54, 1.807) is 6.20 Å². The van der Waals surface area contributed by atoms with Crippen LogP contribution in [-0.4, -0.2) is 57.5 Å². The van der Waals surface area contributed by atoms with Gasteiger partial charge < -0.3 is 10.0 Å². The van der Waals surface area contributed by atoms with Crippen molar-refractivity contribution in [2.45, 2.75) is 69.1 Å². The number of piperidine rings is 1. The lowest BCUT2D eigenvalue weighted by molar-refractivity contribution is -0.136. The van der Waals surface area contributed by atoms with E-state index in [4.69, 9.17) is 0 Å². The molecule has 4 heterocycles. The molecule has 4 rings (SSSR count). The molecule has 2 bridgehead atoms. The molecule has 1 aromatic rings. The molecule has 1 unspecified atom stereocenters. The number of hydrogen-bond acceptors (Lipinski definition) is 4. The van der Waals surface area contributed by atoms with E-state index < -0.39 is 5.60 Å². The van der Waals surface area contributed by atoms with Gasteiger partial charge in [0, 0.05) is 31.4 Å². The lowest BCUT2D eigenvalue weighted by Gasteiger charge is -2.43. The van der Waals surface area contributed by atoms with Gasteiger partial charge in [-0.1, -0.05) is 18.9 Å². The third-order valence-corrected chi connectivity index (χ3v) is 6.34. The first-order valence-electron chi connectivity index (χ1n) is 9.83. The van der Waals surface area contributed by atoms with Crippen molar-refractivity contribution in [2.24, 2.45) is 0 Å². The second-order valence-corrected chi connectivity index (χ2v) is 8.01. The molecule has 3 saturated heterocycles. The summed E-state index contributed by atoms with van der Waals surface area (Å²) in [6.45, 7) is 2.35. The van der Waals surface area contributed by atoms with Crippen LogP contribution in [0.2, 0.25) is 0 Å². The van der Waals surface area contributed by atoms with Crippen LogP contribution in [0.4, 0.5) is 0 Å². The van der Waals surface area contributed by atoms with Gasteiger partial charge in [-0.2, -0.15) is 0 Å². The van der Waals surface area contributed by atoms with E-state index in [9.17, 15) is 9.90 Å². The molecule has 25 heavy (non-hydrogen) atoms. The Morgan fingerprint density at radius 1 is 1.12 bits per heavy atom. The fourth-order valence-electron chi connectivity index (χ4n) is 5.00. The fourth-order valence-corrected chi connectivity index (χ4v) is 5.00. The Balaban J connectivity index is 1.43. The van der Waals surface area contributed by atoms with Crippen LogP contribution in [0.15, 0.2) is 24.4 Å². The van der Waals surface area contributed by atoms with E-state index in [0.29, 0.717) is 31.5 Å². The molecular weight excluding hydrogens is 314 g/mol. The molecule has 0 spiro atoms. The molecule has 0 aromatic carbocycles. The van der Waals surface area contributed by atoms with Gasteiger partial charge in [0.15, 0.2) is 0 Å². The SMILES string of the molecule is O=C(CN1[C@@H]2CC[C@H]1CC(O)(c1ccccn1)C2)N1CCCCCC1. The van der Waals surface area contributed by atoms with Gasteiger partial charge in [-0.3, -0.25) is 14.7 Å². The number of aromatic nitrogens is 1. The number of nitrogens with zero attached hydrogens (tertiary/aromatic N) is 3. The highest BCUT2D eigenvalue weighted by Crippen LogP contribution is 2.45. The number of rotatable bonds is 3. The van der Waals surface area contributed by atoms with E-state index in [2.05, 4.69) is 14.8 Å². The number of likely N-dealkylation sites (tertiary alicyclic amines) is 1. The third-order valence-electron chi connectivity index (χ3n) is 6.34. The monoisotopic (exact) mass is 343 g/mol. The number of carbonyl (C=O) groups excluding carboxylic acids is 1. The molecule has 5 nitrogen and oxygen atoms in total. The maximum absolute atomic E-state index is 12.8. The Kier molecular flexibility index (Phi) is 4.78. The quantitative estimate of drug-likeness (QED) is 0.915. The summed E-state index contributed by atoms with van der Waals surface area (Å²) >= 11 is 0. The average Bonchev–Trinajstić information content (AvgIpc) is 2.85. The molecule has 3 fully saturated rings. The van der Waals surface area contributed by atoms with Crippen LogP contribution in [0.3, 0.4) is 0 Å². The molecule has 5 heteroatoms. The largest absolute Gasteiger partial charge is 0.383 e. The first-order valence-corrected chi connectivity index (χ1v) is 9.83. The van der Waals surface area contributed by atoms with Gasteiger partial charge in [0.25, 0.3) is 0 Å². The predicted molar refractivity (Wildman–Crippen MR) is 95.9 cm³/mol. The third kappa shape index (κ3) is 3.44. The van der Waals surface area contributed by atoms with Gasteiger partial charge in [-0.05, 0) is 50.7 Å². The minimum Gasteiger partial charge on any atom is -0.383 e. The van der Waals surface area contributed by atoms with Crippen LogP contribution < -0.4 is 0 Å². The van der Waals surface area contributed by atoms with Gasteiger partial charge >= 0.3 is 0 Å². The molecule has 0 radical (unpaired) electrons. The maximum atomic E-state index is 12.8. The molecular formula is C20H29N3O2. The van der Waals surface area contributed by atoms with Crippen molar-refractivity contribution >= 4 is 5.91 Å². The highest BCUT2D eigenvalue weighted by Gasteiger charge is 2.49. The summed E-state index contributed by atoms with van der Waals surface area (Å²) in [6, 6.07) is 6.34. The first kappa shape index (κ1) is 17.0. The van der Waals surface area contributed by atoms with Crippen LogP contribution >= 0.6 is 0 Å². The summed E-state index contributed by atoms with van der Waals surface area (Å²) in [4.78, 5) is 21.6. The van der Waals surface area contributed by atoms with E-state index in [1.807, 2.05) is 18.2 Å². The summed E-state index contributed by atoms with van der Waals surface area (Å²) in [7, 11) is 0. The second-order valence-electron chi connectivity index (χ2n) is 8.01. The standard InChI is InChI=1S/C20H29N3O2/c24-19(22-11-5-1-2-6-12-22)15-23-16-8-9-17(23)14-20(25,13-16)18-7-3-4-10-21-18/h3-4,7,10,16-17,25H,1-2,5-6,8-9,11-15H2/t16-,17+,20?. The maximum Gasteiger partial charge on any atom is 0.236 e. The van der Waals surface area contributed by atoms with E-state index in [1.165, 1.54) is 12.8 Å². The summed E-state index contributed by atoms with van der Waals surface area (Å²) in [6.07, 6.45) is 10.0. The molecule has 3 aliphatic rings. The van der Waals surface area contributed by atoms with Gasteiger partial charge in [0.05, 0.1) is 12.2 Å². The molecule has 0 saturated carbocycles. The van der Waals surface area contributed by atoms with Crippen LogP contribution in [0.1, 0.15) is 57.1 Å². The number of carbonyl (C=O) groups is 1. The molecule has 1 amide bonds. The van der Waals surface area contributed by atoms with E-state index in [0.717, 1.165) is 44.5 Å². The average molecular weight is 343 g/mol. The molecule has 1 N–H and O–H groups in total. The zero-order chi connectivity index (χ0) is 17.3. The van der Waals surface area contributed by atoms with Crippen LogP contribution in [0, 0.1) is 0 Å². The number of hydrogen-bond donors (Lipinski definition) is 1. The highest BCUT2D eigenvalue weighted by atomic mass is 16.3. The Labute approximate surface area is 150 Å². The Hall–Kier alpha value is -1.46. The van der Waals surface area contributed by atoms with Crippen LogP contribution in [0.25, 0.3) is 0 Å². The number of aliphatic hydroxyl groups is 1. The van der Waals surface area contributed by atoms with Crippen molar-refractivity contribution in [3.05, 3.63) is 30.1 Å². The van der Waals surface area contributed by atoms with Crippen molar-refractivity contribution in [3.8, 4) is 0 Å². The van der Waals surface area contributed by atoms with Gasteiger partial charge in [-0.25, -0.2) is 0 Å². The summed E-state index contributed by atoms with van der Waals surface area (Å²) in [5, 5.41) is 11.2. The lowest BCUT2D eigenvalue weighted by atomic mass is 9.83. The first-order chi connectivity index (χ1) is 12.2. The zero-order valence-corrected chi connectivity index (χ0v) is 14.9. The summed E-state index contributed by atoms with van der Waals surface area (Å²) in [5.41, 5.74) is -0.0553. The minimum absolute atomic E-state index is 0.280. The molecule has 136 valence electrons. The second kappa shape index (κ2) is 7.04. The molecule has 0 aliphatic carbocycles. The van der Waals surface area contributed by atoms with Crippen molar-refractivity contribution in [1.82, 2.24) is 14.8 Å². The topological polar surface area (TPSA) is 56.7 Å². The number of fused-ring (bicyclic) bond motifs is 2. The highest BCUT2D eigenvalue weighted by molar-refractivity contribution is 5.78. The van der Waals surface area contributed by atoms with Crippen molar-refractivity contribution in [3.63, 3.8) is 0 Å². The number of pyridine rings is 1. The van der Waals surface area contributed by atoms with Crippen molar-refractivity contribution in [2.75, 3.05) is 19.6 Å². The van der Waals surface area contributed by atoms with Gasteiger partial charge in [0.1, 0.15) is 5.60 Å². The zero-order valence-electron chi connectivity index (χ0n) is 14.9. The van der Waals surface area contributed by atoms with Gasteiger partial charge in [0.2, 0.25) is 5.91 Å². The Morgan fingerprint density at radius 2 is 1.80 bits per heavy atom. The normalized spacial score (nSPS) is 33.2. The van der Waals surface area contributed by atoms with Crippen LogP contribution in [0.5, 0.6) is 0 Å².